The summed E-state index contributed by atoms with van der Waals surface area (Å²) in [5, 5.41) is 0.0278. The van der Waals surface area contributed by atoms with Gasteiger partial charge >= 0.3 is 0 Å². The van der Waals surface area contributed by atoms with Crippen molar-refractivity contribution in [3.05, 3.63) is 77.4 Å². The summed E-state index contributed by atoms with van der Waals surface area (Å²) in [6.07, 6.45) is 20.3. The fourth-order valence-electron chi connectivity index (χ4n) is 7.34. The average Bonchev–Trinajstić information content (AvgIpc) is 3.42. The summed E-state index contributed by atoms with van der Waals surface area (Å²) in [4.78, 5) is 20.6. The Labute approximate surface area is 272 Å². The molecule has 1 fully saturated rings. The topological polar surface area (TPSA) is 93.5 Å². The van der Waals surface area contributed by atoms with Gasteiger partial charge in [-0.25, -0.2) is 18.1 Å². The van der Waals surface area contributed by atoms with Gasteiger partial charge in [-0.2, -0.15) is 0 Å². The molecule has 6 unspecified atom stereocenters. The number of nitrogens with one attached hydrogen (secondary N) is 1. The number of anilines is 1. The summed E-state index contributed by atoms with van der Waals surface area (Å²) >= 11 is 6.39. The summed E-state index contributed by atoms with van der Waals surface area (Å²) in [7, 11) is -1.86. The van der Waals surface area contributed by atoms with Crippen LogP contribution in [0.5, 0.6) is 5.75 Å². The number of sulfonamides is 1. The third-order valence-electron chi connectivity index (χ3n) is 10.6. The van der Waals surface area contributed by atoms with Crippen LogP contribution in [0.1, 0.15) is 74.5 Å². The highest BCUT2D eigenvalue weighted by molar-refractivity contribution is 7.90. The summed E-state index contributed by atoms with van der Waals surface area (Å²) in [5.74, 6) is 2.44. The van der Waals surface area contributed by atoms with Crippen LogP contribution in [0.15, 0.2) is 66.0 Å². The number of aromatic nitrogens is 2. The number of carbonyl (C=O) groups is 1. The number of imidazole rings is 1. The van der Waals surface area contributed by atoms with Crippen molar-refractivity contribution >= 4 is 33.2 Å². The van der Waals surface area contributed by atoms with Gasteiger partial charge in [-0.3, -0.25) is 4.79 Å². The minimum Gasteiger partial charge on any atom is -0.491 e. The predicted molar refractivity (Wildman–Crippen MR) is 179 cm³/mol. The van der Waals surface area contributed by atoms with Crippen molar-refractivity contribution < 1.29 is 17.9 Å². The van der Waals surface area contributed by atoms with E-state index >= 15 is 0 Å². The van der Waals surface area contributed by atoms with Gasteiger partial charge in [0.15, 0.2) is 0 Å². The molecule has 0 spiro atoms. The molecule has 1 N–H and O–H groups in total. The maximum absolute atomic E-state index is 13.4. The summed E-state index contributed by atoms with van der Waals surface area (Å²) in [6, 6.07) is 5.33. The molecule has 4 aliphatic rings. The van der Waals surface area contributed by atoms with Crippen molar-refractivity contribution in [1.29, 1.82) is 0 Å². The summed E-state index contributed by atoms with van der Waals surface area (Å²) in [6.45, 7) is 5.73. The van der Waals surface area contributed by atoms with Crippen LogP contribution in [0.3, 0.4) is 0 Å². The lowest BCUT2D eigenvalue weighted by Crippen LogP contribution is -2.42. The van der Waals surface area contributed by atoms with Crippen LogP contribution in [0, 0.1) is 29.6 Å². The Bertz CT molecular complexity index is 1600. The fourth-order valence-corrected chi connectivity index (χ4v) is 8.86. The van der Waals surface area contributed by atoms with Crippen molar-refractivity contribution in [2.75, 3.05) is 24.6 Å². The van der Waals surface area contributed by atoms with E-state index in [1.54, 1.807) is 13.0 Å². The Morgan fingerprint density at radius 2 is 1.93 bits per heavy atom. The van der Waals surface area contributed by atoms with Gasteiger partial charge in [-0.1, -0.05) is 49.2 Å². The van der Waals surface area contributed by atoms with E-state index in [2.05, 4.69) is 38.5 Å². The number of carbonyl (C=O) groups excluding carboxylic acids is 1. The molecule has 7 atom stereocenters. The van der Waals surface area contributed by atoms with E-state index < -0.39 is 21.2 Å². The zero-order valence-corrected chi connectivity index (χ0v) is 28.0. The number of aryl methyl sites for hydroxylation is 1. The van der Waals surface area contributed by atoms with E-state index in [-0.39, 0.29) is 17.8 Å². The highest BCUT2D eigenvalue weighted by Crippen LogP contribution is 2.46. The molecule has 10 heteroatoms. The standard InChI is InChI=1S/C35H45ClN4O4S/c1-23-7-6-9-31(34-37-16-18-39(34)3)30-14-11-27(30)21-40-17-5-4-8-25-19-29(36)13-10-28(25)22-44-33-15-12-26(20-32(33)40)35(41)38-45(42,43)24(23)2/h6,9-10,12-13,15-16,18-20,23-25,27-28,30-31H,4-5,7-8,11,14,17,21-22H2,1-3H3,(H,38,41)/b9-6+/t23?,24?,25?,27-,28?,30?,31?/m0/s1. The van der Waals surface area contributed by atoms with Gasteiger partial charge in [-0.15, -0.1) is 0 Å². The van der Waals surface area contributed by atoms with Crippen LogP contribution in [-0.2, 0) is 17.1 Å². The monoisotopic (exact) mass is 652 g/mol. The van der Waals surface area contributed by atoms with Crippen molar-refractivity contribution in [2.45, 2.75) is 63.5 Å². The number of nitrogens with zero attached hydrogens (tertiary/aromatic N) is 3. The molecule has 1 saturated carbocycles. The average molecular weight is 653 g/mol. The molecule has 6 rings (SSSR count). The van der Waals surface area contributed by atoms with Gasteiger partial charge in [0.25, 0.3) is 5.91 Å². The van der Waals surface area contributed by atoms with Crippen LogP contribution in [-0.4, -0.2) is 48.8 Å². The number of halogens is 1. The minimum atomic E-state index is -3.91. The first-order chi connectivity index (χ1) is 21.6. The van der Waals surface area contributed by atoms with E-state index in [0.29, 0.717) is 42.1 Å². The zero-order chi connectivity index (χ0) is 31.7. The first-order valence-corrected chi connectivity index (χ1v) is 18.3. The second-order valence-electron chi connectivity index (χ2n) is 13.4. The molecule has 242 valence electrons. The number of benzene rings is 1. The zero-order valence-electron chi connectivity index (χ0n) is 26.4. The fraction of sp³-hybridized carbons (Fsp3) is 0.543. The Morgan fingerprint density at radius 3 is 2.69 bits per heavy atom. The molecule has 1 aromatic heterocycles. The molecule has 1 amide bonds. The van der Waals surface area contributed by atoms with Gasteiger partial charge < -0.3 is 14.2 Å². The maximum Gasteiger partial charge on any atom is 0.264 e. The largest absolute Gasteiger partial charge is 0.491 e. The number of rotatable bonds is 1. The highest BCUT2D eigenvalue weighted by Gasteiger charge is 2.40. The Kier molecular flexibility index (Phi) is 9.48. The van der Waals surface area contributed by atoms with Crippen LogP contribution < -0.4 is 14.4 Å². The van der Waals surface area contributed by atoms with Crippen LogP contribution in [0.2, 0.25) is 0 Å². The molecule has 1 aromatic carbocycles. The van der Waals surface area contributed by atoms with Gasteiger partial charge in [-0.05, 0) is 87.0 Å². The van der Waals surface area contributed by atoms with Crippen LogP contribution >= 0.6 is 11.6 Å². The third kappa shape index (κ3) is 6.89. The lowest BCUT2D eigenvalue weighted by atomic mass is 9.66. The Morgan fingerprint density at radius 1 is 1.09 bits per heavy atom. The molecular formula is C35H45ClN4O4S. The first-order valence-electron chi connectivity index (χ1n) is 16.4. The van der Waals surface area contributed by atoms with Crippen molar-refractivity contribution in [2.24, 2.45) is 36.6 Å². The molecule has 8 nitrogen and oxygen atoms in total. The molecule has 2 aromatic rings. The van der Waals surface area contributed by atoms with Gasteiger partial charge in [0, 0.05) is 55.0 Å². The molecule has 45 heavy (non-hydrogen) atoms. The molecule has 0 saturated heterocycles. The lowest BCUT2D eigenvalue weighted by molar-refractivity contribution is 0.0980. The van der Waals surface area contributed by atoms with Gasteiger partial charge in [0.05, 0.1) is 17.5 Å². The summed E-state index contributed by atoms with van der Waals surface area (Å²) < 4.78 is 37.7. The van der Waals surface area contributed by atoms with E-state index in [0.717, 1.165) is 61.7 Å². The third-order valence-corrected chi connectivity index (χ3v) is 12.7. The number of amides is 1. The van der Waals surface area contributed by atoms with E-state index in [9.17, 15) is 13.2 Å². The predicted octanol–water partition coefficient (Wildman–Crippen LogP) is 6.57. The number of ether oxygens (including phenoxy) is 1. The van der Waals surface area contributed by atoms with Gasteiger partial charge in [0.1, 0.15) is 11.6 Å². The number of hydrogen-bond acceptors (Lipinski definition) is 6. The van der Waals surface area contributed by atoms with Crippen molar-refractivity contribution in [1.82, 2.24) is 14.3 Å². The molecular weight excluding hydrogens is 608 g/mol. The number of allylic oxidation sites excluding steroid dienone is 5. The normalized spacial score (nSPS) is 32.8. The molecule has 3 heterocycles. The highest BCUT2D eigenvalue weighted by atomic mass is 35.5. The lowest BCUT2D eigenvalue weighted by Gasteiger charge is -2.44. The van der Waals surface area contributed by atoms with E-state index in [1.165, 1.54) is 0 Å². The second-order valence-corrected chi connectivity index (χ2v) is 15.9. The Balaban J connectivity index is 1.40. The molecule has 0 radical (unpaired) electrons. The first kappa shape index (κ1) is 31.9. The van der Waals surface area contributed by atoms with Crippen LogP contribution in [0.25, 0.3) is 0 Å². The number of hydrogen-bond donors (Lipinski definition) is 1. The van der Waals surface area contributed by atoms with Crippen molar-refractivity contribution in [3.63, 3.8) is 0 Å². The molecule has 2 aliphatic carbocycles. The Hall–Kier alpha value is -3.04. The quantitative estimate of drug-likeness (QED) is 0.351. The minimum absolute atomic E-state index is 0.132. The van der Waals surface area contributed by atoms with Gasteiger partial charge in [0.2, 0.25) is 10.0 Å². The SMILES string of the molecule is CC1C/C=C/C(c2nccn2C)C2CC[C@H]2CN2CCCCC3C=C(Cl)C=CC3COc3ccc(cc32)C(=O)NS(=O)(=O)C1C. The molecule has 2 aliphatic heterocycles. The number of fused-ring (bicyclic) bond motifs is 3. The molecule has 2 bridgehead atoms. The second kappa shape index (κ2) is 13.4. The summed E-state index contributed by atoms with van der Waals surface area (Å²) in [5.41, 5.74) is 1.16. The smallest absolute Gasteiger partial charge is 0.264 e. The van der Waals surface area contributed by atoms with Crippen molar-refractivity contribution in [3.8, 4) is 5.75 Å². The maximum atomic E-state index is 13.4. The van der Waals surface area contributed by atoms with E-state index in [1.807, 2.05) is 44.6 Å². The van der Waals surface area contributed by atoms with Crippen LogP contribution in [0.4, 0.5) is 5.69 Å². The van der Waals surface area contributed by atoms with E-state index in [4.69, 9.17) is 21.3 Å².